The number of nitrogen functional groups attached to an aromatic ring is 1. The van der Waals surface area contributed by atoms with Gasteiger partial charge in [-0.1, -0.05) is 24.3 Å². The van der Waals surface area contributed by atoms with Crippen molar-refractivity contribution in [2.24, 2.45) is 0 Å². The van der Waals surface area contributed by atoms with Crippen LogP contribution < -0.4 is 10.5 Å². The van der Waals surface area contributed by atoms with Gasteiger partial charge in [-0.15, -0.1) is 11.4 Å². The summed E-state index contributed by atoms with van der Waals surface area (Å²) in [5.41, 5.74) is 6.88. The molecule has 4 N–H and O–H groups in total. The number of aromatic nitrogens is 2. The third kappa shape index (κ3) is 6.72. The molecule has 3 rings (SSSR count). The minimum atomic E-state index is -0.666. The molecule has 1 heterocycles. The summed E-state index contributed by atoms with van der Waals surface area (Å²) >= 11 is 0.207. The Labute approximate surface area is 206 Å². The normalized spacial score (nSPS) is 12.4. The van der Waals surface area contributed by atoms with Crippen LogP contribution >= 0.6 is 11.4 Å². The topological polar surface area (TPSA) is 122 Å². The molecule has 10 heteroatoms. The van der Waals surface area contributed by atoms with E-state index < -0.39 is 5.82 Å². The first-order chi connectivity index (χ1) is 16.8. The van der Waals surface area contributed by atoms with Gasteiger partial charge in [-0.2, -0.15) is 0 Å². The van der Waals surface area contributed by atoms with Crippen LogP contribution in [0.5, 0.6) is 11.5 Å². The second-order valence-electron chi connectivity index (χ2n) is 7.53. The van der Waals surface area contributed by atoms with E-state index in [1.807, 2.05) is 6.07 Å². The molecule has 8 nitrogen and oxygen atoms in total. The molecular formula is C25H27FN4O4S. The van der Waals surface area contributed by atoms with Crippen LogP contribution in [0.4, 0.5) is 10.2 Å². The standard InChI is InChI=1S/C25H27FN4O4S/c1-16(30(15-32)14-18-13-28-17(2)29-24(18)27)22(11-12-31)35-25(33)23-20(26)9-6-10-21(23)34-19-7-4-3-5-8-19/h3-10,13,15,31,33,35H,11-12,14H2,1-2H3,(H2,27,28,29)/b22-16-. The van der Waals surface area contributed by atoms with Gasteiger partial charge in [0.2, 0.25) is 6.41 Å². The second kappa shape index (κ2) is 12.2. The number of hydrogen-bond donors (Lipinski definition) is 4. The molecule has 3 aromatic rings. The molecule has 0 fully saturated rings. The predicted octanol–water partition coefficient (Wildman–Crippen LogP) is 4.07. The molecule has 0 bridgehead atoms. The summed E-state index contributed by atoms with van der Waals surface area (Å²) < 4.78 is 20.6. The van der Waals surface area contributed by atoms with Crippen LogP contribution in [-0.4, -0.2) is 43.1 Å². The van der Waals surface area contributed by atoms with Crippen LogP contribution in [0.25, 0.3) is 0 Å². The Kier molecular flexibility index (Phi) is 9.07. The smallest absolute Gasteiger partial charge is 0.214 e. The van der Waals surface area contributed by atoms with Gasteiger partial charge in [0.15, 0.2) is 0 Å². The van der Waals surface area contributed by atoms with E-state index in [9.17, 15) is 19.4 Å². The van der Waals surface area contributed by atoms with E-state index in [1.165, 1.54) is 17.0 Å². The highest BCUT2D eigenvalue weighted by Gasteiger charge is 2.17. The van der Waals surface area contributed by atoms with Crippen LogP contribution in [0.15, 0.2) is 65.3 Å². The lowest BCUT2D eigenvalue weighted by atomic mass is 10.2. The molecule has 0 aliphatic carbocycles. The fourth-order valence-electron chi connectivity index (χ4n) is 3.25. The van der Waals surface area contributed by atoms with Crippen molar-refractivity contribution >= 4 is 28.6 Å². The third-order valence-corrected chi connectivity index (χ3v) is 6.35. The monoisotopic (exact) mass is 498 g/mol. The SMILES string of the molecule is C/C(=C(CCO)/[SH]=C(\O)c1c(F)cccc1Oc1ccccc1)N(C=O)Cc1cnc(C)nc1N. The Morgan fingerprint density at radius 2 is 1.97 bits per heavy atom. The van der Waals surface area contributed by atoms with Gasteiger partial charge in [0, 0.05) is 35.4 Å². The van der Waals surface area contributed by atoms with E-state index in [0.29, 0.717) is 34.1 Å². The minimum absolute atomic E-state index is 0.0920. The molecule has 0 saturated carbocycles. The fraction of sp³-hybridized carbons (Fsp3) is 0.200. The summed E-state index contributed by atoms with van der Waals surface area (Å²) in [6, 6.07) is 13.1. The number of halogens is 1. The first-order valence-electron chi connectivity index (χ1n) is 10.7. The van der Waals surface area contributed by atoms with Crippen molar-refractivity contribution < 1.29 is 24.1 Å². The molecule has 1 aromatic heterocycles. The van der Waals surface area contributed by atoms with Gasteiger partial charge in [0.25, 0.3) is 0 Å². The van der Waals surface area contributed by atoms with E-state index in [0.717, 1.165) is 0 Å². The number of aryl methyl sites for hydroxylation is 1. The zero-order valence-corrected chi connectivity index (χ0v) is 20.2. The number of benzene rings is 2. The van der Waals surface area contributed by atoms with E-state index in [4.69, 9.17) is 10.5 Å². The quantitative estimate of drug-likeness (QED) is 0.189. The number of para-hydroxylation sites is 1. The number of allylic oxidation sites excluding steroid dienone is 1. The maximum absolute atomic E-state index is 14.8. The van der Waals surface area contributed by atoms with E-state index in [-0.39, 0.29) is 53.1 Å². The lowest BCUT2D eigenvalue weighted by Gasteiger charge is -2.22. The van der Waals surface area contributed by atoms with Crippen LogP contribution in [0.3, 0.4) is 0 Å². The summed E-state index contributed by atoms with van der Waals surface area (Å²) in [4.78, 5) is 22.0. The first kappa shape index (κ1) is 26.0. The molecule has 0 aliphatic rings. The second-order valence-corrected chi connectivity index (χ2v) is 8.72. The Bertz CT molecular complexity index is 1250. The number of carbonyl (C=O) groups is 1. The molecule has 0 aliphatic heterocycles. The van der Waals surface area contributed by atoms with E-state index in [1.54, 1.807) is 50.4 Å². The highest BCUT2D eigenvalue weighted by atomic mass is 32.1. The number of nitrogens with zero attached hydrogens (tertiary/aromatic N) is 3. The number of rotatable bonds is 10. The van der Waals surface area contributed by atoms with Crippen LogP contribution in [0, 0.1) is 12.7 Å². The minimum Gasteiger partial charge on any atom is -0.457 e. The fourth-order valence-corrected chi connectivity index (χ4v) is 4.33. The number of aliphatic hydroxyl groups is 2. The first-order valence-corrected chi connectivity index (χ1v) is 11.6. The van der Waals surface area contributed by atoms with Crippen LogP contribution in [-0.2, 0) is 11.3 Å². The molecule has 0 spiro atoms. The van der Waals surface area contributed by atoms with Crippen molar-refractivity contribution in [1.82, 2.24) is 14.9 Å². The molecular weight excluding hydrogens is 471 g/mol. The number of amides is 1. The molecule has 0 unspecified atom stereocenters. The molecule has 2 aromatic carbocycles. The lowest BCUT2D eigenvalue weighted by Crippen LogP contribution is -2.22. The van der Waals surface area contributed by atoms with Gasteiger partial charge < -0.3 is 25.6 Å². The Morgan fingerprint density at radius 3 is 2.63 bits per heavy atom. The number of thiol groups is 1. The van der Waals surface area contributed by atoms with Crippen molar-refractivity contribution in [2.75, 3.05) is 12.3 Å². The maximum atomic E-state index is 14.8. The number of anilines is 1. The Balaban J connectivity index is 1.99. The highest BCUT2D eigenvalue weighted by molar-refractivity contribution is 8.02. The van der Waals surface area contributed by atoms with E-state index in [2.05, 4.69) is 9.97 Å². The van der Waals surface area contributed by atoms with Crippen LogP contribution in [0.2, 0.25) is 0 Å². The average Bonchev–Trinajstić information content (AvgIpc) is 2.83. The Hall–Kier alpha value is -3.60. The van der Waals surface area contributed by atoms with Gasteiger partial charge in [-0.05, 0) is 38.1 Å². The van der Waals surface area contributed by atoms with Crippen molar-refractivity contribution in [3.8, 4) is 11.5 Å². The van der Waals surface area contributed by atoms with Crippen molar-refractivity contribution in [1.29, 1.82) is 0 Å². The van der Waals surface area contributed by atoms with Gasteiger partial charge in [0.1, 0.15) is 34.0 Å². The summed E-state index contributed by atoms with van der Waals surface area (Å²) in [6.07, 6.45) is 2.30. The molecule has 0 atom stereocenters. The number of nitrogens with two attached hydrogens (primary N) is 1. The summed E-state index contributed by atoms with van der Waals surface area (Å²) in [5.74, 6) is 0.715. The number of ether oxygens (including phenoxy) is 1. The average molecular weight is 499 g/mol. The van der Waals surface area contributed by atoms with Gasteiger partial charge in [-0.3, -0.25) is 4.79 Å². The summed E-state index contributed by atoms with van der Waals surface area (Å²) in [6.45, 7) is 3.24. The van der Waals surface area contributed by atoms with Gasteiger partial charge in [0.05, 0.1) is 12.1 Å². The number of hydrogen-bond acceptors (Lipinski definition) is 6. The van der Waals surface area contributed by atoms with Gasteiger partial charge >= 0.3 is 0 Å². The summed E-state index contributed by atoms with van der Waals surface area (Å²) in [7, 11) is 0. The number of aliphatic hydroxyl groups excluding tert-OH is 2. The van der Waals surface area contributed by atoms with Crippen molar-refractivity contribution in [2.45, 2.75) is 26.8 Å². The molecule has 35 heavy (non-hydrogen) atoms. The largest absolute Gasteiger partial charge is 0.457 e. The third-order valence-electron chi connectivity index (χ3n) is 5.09. The summed E-state index contributed by atoms with van der Waals surface area (Å²) in [5, 5.41) is 20.2. The zero-order chi connectivity index (χ0) is 25.4. The molecule has 0 saturated heterocycles. The number of carbonyl (C=O) groups excluding carboxylic acids is 1. The predicted molar refractivity (Wildman–Crippen MR) is 136 cm³/mol. The molecule has 1 amide bonds. The Morgan fingerprint density at radius 1 is 1.23 bits per heavy atom. The van der Waals surface area contributed by atoms with Crippen molar-refractivity contribution in [3.05, 3.63) is 88.1 Å². The van der Waals surface area contributed by atoms with E-state index >= 15 is 0 Å². The molecule has 184 valence electrons. The maximum Gasteiger partial charge on any atom is 0.214 e. The van der Waals surface area contributed by atoms with Crippen LogP contribution in [0.1, 0.15) is 30.3 Å². The van der Waals surface area contributed by atoms with Gasteiger partial charge in [-0.25, -0.2) is 14.4 Å². The lowest BCUT2D eigenvalue weighted by molar-refractivity contribution is -0.116. The highest BCUT2D eigenvalue weighted by Crippen LogP contribution is 2.31. The molecule has 0 radical (unpaired) electrons. The van der Waals surface area contributed by atoms with Crippen molar-refractivity contribution in [3.63, 3.8) is 0 Å². The zero-order valence-electron chi connectivity index (χ0n) is 19.3.